The maximum Gasteiger partial charge on any atom is 0.515 e. The van der Waals surface area contributed by atoms with Gasteiger partial charge in [-0.15, -0.1) is 0 Å². The average molecular weight is 225 g/mol. The topological polar surface area (TPSA) is 9.23 Å². The Balaban J connectivity index is 3.30. The van der Waals surface area contributed by atoms with E-state index in [1.54, 1.807) is 0 Å². The van der Waals surface area contributed by atoms with Gasteiger partial charge in [0.05, 0.1) is 12.4 Å². The lowest BCUT2D eigenvalue weighted by molar-refractivity contribution is 0.320. The molecule has 15 heavy (non-hydrogen) atoms. The Morgan fingerprint density at radius 2 is 1.80 bits per heavy atom. The number of ether oxygens (including phenoxy) is 1. The van der Waals surface area contributed by atoms with Gasteiger partial charge in [-0.2, -0.15) is 0 Å². The first-order valence-electron chi connectivity index (χ1n) is 4.18. The monoisotopic (exact) mass is 225 g/mol. The lowest BCUT2D eigenvalue weighted by Crippen LogP contribution is -2.39. The highest BCUT2D eigenvalue weighted by Crippen LogP contribution is 2.21. The van der Waals surface area contributed by atoms with Crippen LogP contribution in [0.4, 0.5) is 21.7 Å². The zero-order chi connectivity index (χ0) is 11.6. The molecule has 1 rings (SSSR count). The number of rotatable bonds is 3. The number of benzene rings is 1. The van der Waals surface area contributed by atoms with Crippen LogP contribution in [0.2, 0.25) is 0 Å². The summed E-state index contributed by atoms with van der Waals surface area (Å²) in [5, 5.41) is 0. The minimum Gasteiger partial charge on any atom is -0.491 e. The van der Waals surface area contributed by atoms with Crippen molar-refractivity contribution in [2.45, 2.75) is 6.92 Å². The van der Waals surface area contributed by atoms with Gasteiger partial charge in [-0.05, 0) is 24.5 Å². The van der Waals surface area contributed by atoms with Crippen molar-refractivity contribution in [3.8, 4) is 5.75 Å². The molecule has 0 bridgehead atoms. The molecule has 0 radical (unpaired) electrons. The Hall–Kier alpha value is -1.27. The van der Waals surface area contributed by atoms with E-state index < -0.39 is 29.8 Å². The van der Waals surface area contributed by atoms with Crippen LogP contribution in [0.5, 0.6) is 5.75 Å². The maximum absolute atomic E-state index is 13.1. The summed E-state index contributed by atoms with van der Waals surface area (Å²) in [5.41, 5.74) is -1.86. The molecule has 0 saturated carbocycles. The van der Waals surface area contributed by atoms with Gasteiger partial charge < -0.3 is 17.7 Å². The second-order valence-electron chi connectivity index (χ2n) is 2.78. The Morgan fingerprint density at radius 1 is 1.20 bits per heavy atom. The molecule has 84 valence electrons. The highest BCUT2D eigenvalue weighted by atomic mass is 19.4. The average Bonchev–Trinajstić information content (AvgIpc) is 2.08. The van der Waals surface area contributed by atoms with Crippen molar-refractivity contribution in [2.24, 2.45) is 0 Å². The minimum absolute atomic E-state index is 0.00680. The first-order chi connectivity index (χ1) is 6.88. The number of hydrogen-bond acceptors (Lipinski definition) is 1. The smallest absolute Gasteiger partial charge is 0.491 e. The summed E-state index contributed by atoms with van der Waals surface area (Å²) in [7, 11) is 0. The summed E-state index contributed by atoms with van der Waals surface area (Å²) in [4.78, 5) is 0. The second kappa shape index (κ2) is 4.08. The van der Waals surface area contributed by atoms with Crippen molar-refractivity contribution in [2.75, 3.05) is 6.61 Å². The fourth-order valence-corrected chi connectivity index (χ4v) is 1.12. The van der Waals surface area contributed by atoms with Crippen LogP contribution in [0, 0.1) is 11.6 Å². The van der Waals surface area contributed by atoms with Crippen LogP contribution < -0.4 is 10.2 Å². The van der Waals surface area contributed by atoms with E-state index in [2.05, 4.69) is 4.74 Å². The molecule has 7 heteroatoms. The largest absolute Gasteiger partial charge is 0.515 e. The molecule has 0 saturated heterocycles. The molecule has 0 N–H and O–H groups in total. The minimum atomic E-state index is -5.72. The maximum atomic E-state index is 13.1. The lowest BCUT2D eigenvalue weighted by atomic mass is 9.79. The molecule has 0 fully saturated rings. The summed E-state index contributed by atoms with van der Waals surface area (Å²) >= 11 is 0. The normalized spacial score (nSPS) is 11.6. The van der Waals surface area contributed by atoms with E-state index in [9.17, 15) is 21.7 Å². The van der Waals surface area contributed by atoms with Gasteiger partial charge in [0, 0.05) is 0 Å². The Morgan fingerprint density at radius 3 is 2.27 bits per heavy atom. The number of hydrogen-bond donors (Lipinski definition) is 0. The summed E-state index contributed by atoms with van der Waals surface area (Å²) in [6.07, 6.45) is 0. The van der Waals surface area contributed by atoms with E-state index in [-0.39, 0.29) is 6.61 Å². The van der Waals surface area contributed by atoms with Crippen molar-refractivity contribution >= 4 is 12.4 Å². The molecule has 0 aliphatic carbocycles. The van der Waals surface area contributed by atoms with E-state index in [1.165, 1.54) is 6.92 Å². The summed E-state index contributed by atoms with van der Waals surface area (Å²) in [5.74, 6) is -3.90. The summed E-state index contributed by atoms with van der Waals surface area (Å²) < 4.78 is 67.3. The van der Waals surface area contributed by atoms with E-state index in [1.807, 2.05) is 0 Å². The van der Waals surface area contributed by atoms with Crippen molar-refractivity contribution < 1.29 is 26.5 Å². The third kappa shape index (κ3) is 2.40. The van der Waals surface area contributed by atoms with Gasteiger partial charge in [0.1, 0.15) is 5.82 Å². The fourth-order valence-electron chi connectivity index (χ4n) is 1.12. The molecule has 1 aromatic carbocycles. The van der Waals surface area contributed by atoms with Gasteiger partial charge in [-0.3, -0.25) is 0 Å². The van der Waals surface area contributed by atoms with E-state index >= 15 is 0 Å². The van der Waals surface area contributed by atoms with Gasteiger partial charge >= 0.3 is 6.98 Å². The third-order valence-corrected chi connectivity index (χ3v) is 1.72. The number of halogens is 5. The van der Waals surface area contributed by atoms with Crippen molar-refractivity contribution in [1.29, 1.82) is 0 Å². The SMILES string of the molecule is CCOc1ccc(F)c([B-](F)(F)F)c1F. The molecular formula is C8H7BF5O-. The zero-order valence-electron chi connectivity index (χ0n) is 7.74. The van der Waals surface area contributed by atoms with Crippen LogP contribution in [0.1, 0.15) is 6.92 Å². The predicted molar refractivity (Wildman–Crippen MR) is 46.2 cm³/mol. The second-order valence-corrected chi connectivity index (χ2v) is 2.78. The predicted octanol–water partition coefficient (Wildman–Crippen LogP) is 2.42. The molecule has 0 aliphatic heterocycles. The van der Waals surface area contributed by atoms with Gasteiger partial charge in [-0.25, -0.2) is 8.78 Å². The third-order valence-electron chi connectivity index (χ3n) is 1.72. The van der Waals surface area contributed by atoms with Crippen LogP contribution in [-0.2, 0) is 0 Å². The standard InChI is InChI=1S/C8H7BF5O/c1-2-15-6-4-3-5(10)7(8(6)11)9(12,13)14/h3-4H,2H2,1H3/q-1. The molecule has 0 amide bonds. The molecule has 1 nitrogen and oxygen atoms in total. The van der Waals surface area contributed by atoms with Crippen molar-refractivity contribution in [1.82, 2.24) is 0 Å². The summed E-state index contributed by atoms with van der Waals surface area (Å²) in [6.45, 7) is -4.22. The first kappa shape index (κ1) is 11.8. The molecule has 0 heterocycles. The van der Waals surface area contributed by atoms with E-state index in [4.69, 9.17) is 0 Å². The molecule has 0 unspecified atom stereocenters. The van der Waals surface area contributed by atoms with Crippen LogP contribution in [0.15, 0.2) is 12.1 Å². The zero-order valence-corrected chi connectivity index (χ0v) is 7.74. The van der Waals surface area contributed by atoms with Gasteiger partial charge in [-0.1, -0.05) is 0 Å². The Bertz CT molecular complexity index is 363. The Labute approximate surface area is 82.9 Å². The highest BCUT2D eigenvalue weighted by Gasteiger charge is 2.33. The molecule has 0 aliphatic rings. The van der Waals surface area contributed by atoms with Gasteiger partial charge in [0.25, 0.3) is 0 Å². The van der Waals surface area contributed by atoms with E-state index in [0.717, 1.165) is 6.07 Å². The fraction of sp³-hybridized carbons (Fsp3) is 0.250. The molecule has 0 atom stereocenters. The van der Waals surface area contributed by atoms with Crippen LogP contribution in [0.3, 0.4) is 0 Å². The van der Waals surface area contributed by atoms with Crippen molar-refractivity contribution in [3.63, 3.8) is 0 Å². The van der Waals surface area contributed by atoms with Gasteiger partial charge in [0.2, 0.25) is 0 Å². The Kier molecular flexibility index (Phi) is 3.21. The van der Waals surface area contributed by atoms with Gasteiger partial charge in [0.15, 0.2) is 5.75 Å². The molecule has 0 spiro atoms. The quantitative estimate of drug-likeness (QED) is 0.566. The van der Waals surface area contributed by atoms with E-state index in [0.29, 0.717) is 6.07 Å². The first-order valence-corrected chi connectivity index (χ1v) is 4.18. The van der Waals surface area contributed by atoms with Crippen LogP contribution in [0.25, 0.3) is 0 Å². The molecule has 1 aromatic rings. The summed E-state index contributed by atoms with van der Waals surface area (Å²) in [6, 6.07) is 1.37. The molecule has 0 aromatic heterocycles. The molecular weight excluding hydrogens is 218 g/mol. The highest BCUT2D eigenvalue weighted by molar-refractivity contribution is 6.73. The van der Waals surface area contributed by atoms with Crippen LogP contribution >= 0.6 is 0 Å². The van der Waals surface area contributed by atoms with Crippen molar-refractivity contribution in [3.05, 3.63) is 23.8 Å². The van der Waals surface area contributed by atoms with Crippen LogP contribution in [-0.4, -0.2) is 13.6 Å². The lowest BCUT2D eigenvalue weighted by Gasteiger charge is -2.18.